The Balaban J connectivity index is 1.99. The lowest BCUT2D eigenvalue weighted by Crippen LogP contribution is -2.08. The molecular weight excluding hydrogens is 270 g/mol. The molecule has 2 nitrogen and oxygen atoms in total. The quantitative estimate of drug-likeness (QED) is 0.809. The predicted octanol–water partition coefficient (Wildman–Crippen LogP) is 4.99. The molecule has 0 aliphatic heterocycles. The fraction of sp³-hybridized carbons (Fsp3) is 0.294. The predicted molar refractivity (Wildman–Crippen MR) is 85.6 cm³/mol. The average Bonchev–Trinajstić information content (AvgIpc) is 2.45. The molecule has 0 aliphatic rings. The highest BCUT2D eigenvalue weighted by atomic mass is 35.5. The number of anilines is 1. The molecule has 0 bridgehead atoms. The average molecular weight is 290 g/mol. The second kappa shape index (κ2) is 7.20. The second-order valence-corrected chi connectivity index (χ2v) is 5.61. The molecule has 20 heavy (non-hydrogen) atoms. The molecule has 0 heterocycles. The van der Waals surface area contributed by atoms with Crippen molar-refractivity contribution in [3.8, 4) is 5.75 Å². The van der Waals surface area contributed by atoms with Crippen LogP contribution in [0.15, 0.2) is 48.5 Å². The number of rotatable bonds is 6. The molecule has 0 amide bonds. The number of para-hydroxylation sites is 1. The molecule has 0 saturated carbocycles. The van der Waals surface area contributed by atoms with Gasteiger partial charge in [-0.1, -0.05) is 43.6 Å². The molecule has 2 rings (SSSR count). The first-order valence-corrected chi connectivity index (χ1v) is 7.23. The molecule has 106 valence electrons. The van der Waals surface area contributed by atoms with Gasteiger partial charge in [0.25, 0.3) is 0 Å². The fourth-order valence-corrected chi connectivity index (χ4v) is 1.94. The minimum absolute atomic E-state index is 0.521. The van der Waals surface area contributed by atoms with Crippen molar-refractivity contribution in [1.29, 1.82) is 0 Å². The van der Waals surface area contributed by atoms with Crippen molar-refractivity contribution in [2.45, 2.75) is 20.4 Å². The summed E-state index contributed by atoms with van der Waals surface area (Å²) in [5.41, 5.74) is 2.20. The van der Waals surface area contributed by atoms with Crippen molar-refractivity contribution >= 4 is 17.3 Å². The highest BCUT2D eigenvalue weighted by Gasteiger charge is 2.04. The van der Waals surface area contributed by atoms with E-state index in [4.69, 9.17) is 16.3 Å². The fourth-order valence-electron chi connectivity index (χ4n) is 1.81. The molecule has 2 aromatic carbocycles. The van der Waals surface area contributed by atoms with Crippen molar-refractivity contribution in [1.82, 2.24) is 0 Å². The van der Waals surface area contributed by atoms with Crippen molar-refractivity contribution in [3.63, 3.8) is 0 Å². The van der Waals surface area contributed by atoms with Crippen LogP contribution >= 0.6 is 11.6 Å². The Labute approximate surface area is 125 Å². The van der Waals surface area contributed by atoms with Crippen molar-refractivity contribution < 1.29 is 4.74 Å². The SMILES string of the molecule is CC(C)COc1ccccc1CNc1ccc(Cl)cc1. The zero-order valence-corrected chi connectivity index (χ0v) is 12.7. The van der Waals surface area contributed by atoms with Gasteiger partial charge in [0.05, 0.1) is 6.61 Å². The zero-order valence-electron chi connectivity index (χ0n) is 11.9. The molecule has 0 aliphatic carbocycles. The van der Waals surface area contributed by atoms with Crippen LogP contribution < -0.4 is 10.1 Å². The second-order valence-electron chi connectivity index (χ2n) is 5.17. The van der Waals surface area contributed by atoms with Crippen molar-refractivity contribution in [3.05, 3.63) is 59.1 Å². The van der Waals surface area contributed by atoms with Crippen molar-refractivity contribution in [2.24, 2.45) is 5.92 Å². The Morgan fingerprint density at radius 1 is 1.05 bits per heavy atom. The van der Waals surface area contributed by atoms with E-state index in [0.29, 0.717) is 5.92 Å². The van der Waals surface area contributed by atoms with E-state index in [-0.39, 0.29) is 0 Å². The molecule has 0 fully saturated rings. The van der Waals surface area contributed by atoms with Crippen LogP contribution in [0.4, 0.5) is 5.69 Å². The van der Waals surface area contributed by atoms with E-state index in [0.717, 1.165) is 35.2 Å². The molecule has 0 atom stereocenters. The Kier molecular flexibility index (Phi) is 5.31. The molecule has 0 spiro atoms. The highest BCUT2D eigenvalue weighted by molar-refractivity contribution is 6.30. The molecule has 0 saturated heterocycles. The van der Waals surface area contributed by atoms with Gasteiger partial charge in [0.2, 0.25) is 0 Å². The maximum atomic E-state index is 5.88. The number of hydrogen-bond donors (Lipinski definition) is 1. The molecule has 0 unspecified atom stereocenters. The molecular formula is C17H20ClNO. The number of halogens is 1. The van der Waals surface area contributed by atoms with Gasteiger partial charge < -0.3 is 10.1 Å². The van der Waals surface area contributed by atoms with Crippen LogP contribution in [0.1, 0.15) is 19.4 Å². The summed E-state index contributed by atoms with van der Waals surface area (Å²) in [6.45, 7) is 5.76. The summed E-state index contributed by atoms with van der Waals surface area (Å²) >= 11 is 5.88. The van der Waals surface area contributed by atoms with Gasteiger partial charge in [0.15, 0.2) is 0 Å². The van der Waals surface area contributed by atoms with Crippen LogP contribution in [-0.2, 0) is 6.54 Å². The number of nitrogens with one attached hydrogen (secondary N) is 1. The Morgan fingerprint density at radius 2 is 1.75 bits per heavy atom. The van der Waals surface area contributed by atoms with E-state index in [2.05, 4.69) is 25.2 Å². The Hall–Kier alpha value is -1.67. The Morgan fingerprint density at radius 3 is 2.45 bits per heavy atom. The number of benzene rings is 2. The van der Waals surface area contributed by atoms with Gasteiger partial charge in [-0.05, 0) is 36.2 Å². The van der Waals surface area contributed by atoms with Crippen LogP contribution in [-0.4, -0.2) is 6.61 Å². The molecule has 0 radical (unpaired) electrons. The third-order valence-electron chi connectivity index (χ3n) is 2.87. The largest absolute Gasteiger partial charge is 0.493 e. The standard InChI is InChI=1S/C17H20ClNO/c1-13(2)12-20-17-6-4-3-5-14(17)11-19-16-9-7-15(18)8-10-16/h3-10,13,19H,11-12H2,1-2H3. The summed E-state index contributed by atoms with van der Waals surface area (Å²) in [4.78, 5) is 0. The van der Waals surface area contributed by atoms with E-state index in [9.17, 15) is 0 Å². The van der Waals surface area contributed by atoms with Gasteiger partial charge in [0, 0.05) is 22.8 Å². The van der Waals surface area contributed by atoms with Crippen molar-refractivity contribution in [2.75, 3.05) is 11.9 Å². The van der Waals surface area contributed by atoms with Gasteiger partial charge in [-0.15, -0.1) is 0 Å². The minimum atomic E-state index is 0.521. The summed E-state index contributed by atoms with van der Waals surface area (Å²) in [7, 11) is 0. The lowest BCUT2D eigenvalue weighted by molar-refractivity contribution is 0.269. The molecule has 2 aromatic rings. The van der Waals surface area contributed by atoms with Crippen LogP contribution in [0.3, 0.4) is 0 Å². The van der Waals surface area contributed by atoms with Crippen LogP contribution in [0.5, 0.6) is 5.75 Å². The van der Waals surface area contributed by atoms with Gasteiger partial charge in [-0.25, -0.2) is 0 Å². The lowest BCUT2D eigenvalue weighted by atomic mass is 10.2. The van der Waals surface area contributed by atoms with Crippen LogP contribution in [0.2, 0.25) is 5.02 Å². The first-order chi connectivity index (χ1) is 9.65. The normalized spacial score (nSPS) is 10.6. The summed E-state index contributed by atoms with van der Waals surface area (Å²) in [6, 6.07) is 15.8. The van der Waals surface area contributed by atoms with E-state index < -0.39 is 0 Å². The zero-order chi connectivity index (χ0) is 14.4. The topological polar surface area (TPSA) is 21.3 Å². The maximum Gasteiger partial charge on any atom is 0.124 e. The highest BCUT2D eigenvalue weighted by Crippen LogP contribution is 2.21. The van der Waals surface area contributed by atoms with Crippen LogP contribution in [0, 0.1) is 5.92 Å². The molecule has 3 heteroatoms. The maximum absolute atomic E-state index is 5.88. The first kappa shape index (κ1) is 14.7. The third-order valence-corrected chi connectivity index (χ3v) is 3.12. The summed E-state index contributed by atoms with van der Waals surface area (Å²) in [5.74, 6) is 1.47. The Bertz CT molecular complexity index is 537. The summed E-state index contributed by atoms with van der Waals surface area (Å²) in [5, 5.41) is 4.12. The minimum Gasteiger partial charge on any atom is -0.493 e. The van der Waals surface area contributed by atoms with E-state index in [1.54, 1.807) is 0 Å². The van der Waals surface area contributed by atoms with E-state index in [1.807, 2.05) is 42.5 Å². The lowest BCUT2D eigenvalue weighted by Gasteiger charge is -2.14. The summed E-state index contributed by atoms with van der Waals surface area (Å²) < 4.78 is 5.84. The smallest absolute Gasteiger partial charge is 0.124 e. The molecule has 0 aromatic heterocycles. The third kappa shape index (κ3) is 4.46. The molecule has 1 N–H and O–H groups in total. The van der Waals surface area contributed by atoms with Gasteiger partial charge in [-0.2, -0.15) is 0 Å². The monoisotopic (exact) mass is 289 g/mol. The first-order valence-electron chi connectivity index (χ1n) is 6.85. The number of hydrogen-bond acceptors (Lipinski definition) is 2. The van der Waals surface area contributed by atoms with E-state index >= 15 is 0 Å². The summed E-state index contributed by atoms with van der Waals surface area (Å²) in [6.07, 6.45) is 0. The van der Waals surface area contributed by atoms with E-state index in [1.165, 1.54) is 0 Å². The van der Waals surface area contributed by atoms with Crippen LogP contribution in [0.25, 0.3) is 0 Å². The number of ether oxygens (including phenoxy) is 1. The van der Waals surface area contributed by atoms with Gasteiger partial charge >= 0.3 is 0 Å². The van der Waals surface area contributed by atoms with Gasteiger partial charge in [-0.3, -0.25) is 0 Å². The van der Waals surface area contributed by atoms with Gasteiger partial charge in [0.1, 0.15) is 5.75 Å².